The second-order valence-electron chi connectivity index (χ2n) is 6.50. The van der Waals surface area contributed by atoms with Crippen LogP contribution < -0.4 is 0 Å². The fourth-order valence-corrected chi connectivity index (χ4v) is 5.03. The lowest BCUT2D eigenvalue weighted by atomic mass is 10.1. The maximum atomic E-state index is 4.88. The van der Waals surface area contributed by atoms with Crippen molar-refractivity contribution in [3.8, 4) is 16.3 Å². The average molecular weight is 350 g/mol. The van der Waals surface area contributed by atoms with E-state index in [1.54, 1.807) is 11.3 Å². The second-order valence-corrected chi connectivity index (χ2v) is 7.48. The van der Waals surface area contributed by atoms with E-state index in [4.69, 9.17) is 4.98 Å². The average Bonchev–Trinajstić information content (AvgIpc) is 3.22. The Morgan fingerprint density at radius 3 is 2.31 bits per heavy atom. The molecule has 0 N–H and O–H groups in total. The fraction of sp³-hybridized carbons (Fsp3) is 0. The lowest BCUT2D eigenvalue weighted by Crippen LogP contribution is -1.92. The summed E-state index contributed by atoms with van der Waals surface area (Å²) in [7, 11) is 0. The van der Waals surface area contributed by atoms with E-state index in [0.717, 1.165) is 10.5 Å². The lowest BCUT2D eigenvalue weighted by molar-refractivity contribution is 1.19. The van der Waals surface area contributed by atoms with Crippen LogP contribution in [0.25, 0.3) is 48.3 Å². The summed E-state index contributed by atoms with van der Waals surface area (Å²) in [6.45, 7) is 0. The van der Waals surface area contributed by atoms with Gasteiger partial charge in [0, 0.05) is 27.4 Å². The van der Waals surface area contributed by atoms with Crippen LogP contribution in [0.15, 0.2) is 84.9 Å². The Balaban J connectivity index is 1.84. The van der Waals surface area contributed by atoms with Gasteiger partial charge in [0.2, 0.25) is 0 Å². The standard InChI is InChI=1S/C23H14N2S/c1-2-8-15(9-3-1)25-21-13-7-5-11-17(21)19-14-18-16-10-4-6-12-20(16)24-22(18)26-23(19)25/h1-14H. The van der Waals surface area contributed by atoms with Crippen LogP contribution in [0.2, 0.25) is 0 Å². The largest absolute Gasteiger partial charge is 0.301 e. The van der Waals surface area contributed by atoms with Crippen molar-refractivity contribution in [2.75, 3.05) is 0 Å². The maximum absolute atomic E-state index is 4.88. The molecule has 3 heterocycles. The highest BCUT2D eigenvalue weighted by atomic mass is 32.1. The van der Waals surface area contributed by atoms with Gasteiger partial charge in [-0.3, -0.25) is 0 Å². The molecule has 0 saturated carbocycles. The number of benzene rings is 3. The van der Waals surface area contributed by atoms with Crippen molar-refractivity contribution in [1.29, 1.82) is 0 Å². The number of hydrogen-bond acceptors (Lipinski definition) is 2. The molecule has 0 saturated heterocycles. The smallest absolute Gasteiger partial charge is 0.126 e. The predicted octanol–water partition coefficient (Wildman–Crippen LogP) is 6.50. The van der Waals surface area contributed by atoms with Gasteiger partial charge in [0.1, 0.15) is 9.84 Å². The highest BCUT2D eigenvalue weighted by Gasteiger charge is 2.19. The van der Waals surface area contributed by atoms with Crippen LogP contribution in [0.1, 0.15) is 0 Å². The third kappa shape index (κ3) is 1.83. The molecule has 0 spiro atoms. The number of fused-ring (bicyclic) bond motifs is 6. The van der Waals surface area contributed by atoms with Gasteiger partial charge in [0.25, 0.3) is 0 Å². The van der Waals surface area contributed by atoms with Gasteiger partial charge >= 0.3 is 0 Å². The molecule has 0 unspecified atom stereocenters. The molecule has 3 heteroatoms. The van der Waals surface area contributed by atoms with Crippen LogP contribution in [0.4, 0.5) is 0 Å². The summed E-state index contributed by atoms with van der Waals surface area (Å²) in [5.41, 5.74) is 4.74. The van der Waals surface area contributed by atoms with Gasteiger partial charge in [-0.2, -0.15) is 0 Å². The van der Waals surface area contributed by atoms with Crippen LogP contribution >= 0.6 is 11.3 Å². The third-order valence-corrected chi connectivity index (χ3v) is 6.11. The van der Waals surface area contributed by atoms with E-state index < -0.39 is 0 Å². The molecular weight excluding hydrogens is 336 g/mol. The Bertz CT molecular complexity index is 1380. The summed E-state index contributed by atoms with van der Waals surface area (Å²) in [6, 6.07) is 29.9. The molecule has 0 radical (unpaired) electrons. The molecule has 122 valence electrons. The normalized spacial score (nSPS) is 11.8. The van der Waals surface area contributed by atoms with Crippen molar-refractivity contribution in [3.63, 3.8) is 0 Å². The molecule has 4 aromatic rings. The van der Waals surface area contributed by atoms with E-state index in [-0.39, 0.29) is 0 Å². The van der Waals surface area contributed by atoms with Crippen LogP contribution in [-0.2, 0) is 0 Å². The van der Waals surface area contributed by atoms with E-state index >= 15 is 0 Å². The fourth-order valence-electron chi connectivity index (χ4n) is 3.85. The van der Waals surface area contributed by atoms with Crippen LogP contribution in [-0.4, -0.2) is 9.55 Å². The summed E-state index contributed by atoms with van der Waals surface area (Å²) in [4.78, 5) is 6.12. The zero-order valence-electron chi connectivity index (χ0n) is 13.9. The summed E-state index contributed by atoms with van der Waals surface area (Å²) in [6.07, 6.45) is 0. The monoisotopic (exact) mass is 350 g/mol. The van der Waals surface area contributed by atoms with Crippen molar-refractivity contribution in [1.82, 2.24) is 9.55 Å². The van der Waals surface area contributed by atoms with Crippen molar-refractivity contribution >= 4 is 43.4 Å². The number of aromatic nitrogens is 2. The molecule has 26 heavy (non-hydrogen) atoms. The van der Waals surface area contributed by atoms with Gasteiger partial charge in [-0.05, 0) is 30.3 Å². The summed E-state index contributed by atoms with van der Waals surface area (Å²) in [5.74, 6) is 0. The van der Waals surface area contributed by atoms with Crippen molar-refractivity contribution < 1.29 is 0 Å². The van der Waals surface area contributed by atoms with E-state index in [9.17, 15) is 0 Å². The molecule has 2 aliphatic heterocycles. The zero-order chi connectivity index (χ0) is 17.1. The first-order chi connectivity index (χ1) is 12.9. The Labute approximate surface area is 154 Å². The Hall–Kier alpha value is -3.17. The van der Waals surface area contributed by atoms with E-state index in [0.29, 0.717) is 0 Å². The first-order valence-corrected chi connectivity index (χ1v) is 9.49. The highest BCUT2D eigenvalue weighted by Crippen LogP contribution is 2.42. The minimum atomic E-state index is 1.07. The number of para-hydroxylation sites is 3. The molecule has 3 aromatic carbocycles. The van der Waals surface area contributed by atoms with Gasteiger partial charge in [0.15, 0.2) is 0 Å². The molecule has 6 rings (SSSR count). The highest BCUT2D eigenvalue weighted by molar-refractivity contribution is 7.21. The molecule has 0 bridgehead atoms. The van der Waals surface area contributed by atoms with Gasteiger partial charge in [-0.25, -0.2) is 4.98 Å². The molecule has 0 amide bonds. The zero-order valence-corrected chi connectivity index (χ0v) is 14.7. The molecule has 2 aliphatic rings. The summed E-state index contributed by atoms with van der Waals surface area (Å²) >= 11 is 1.78. The van der Waals surface area contributed by atoms with Crippen molar-refractivity contribution in [2.24, 2.45) is 0 Å². The van der Waals surface area contributed by atoms with Gasteiger partial charge < -0.3 is 4.57 Å². The summed E-state index contributed by atoms with van der Waals surface area (Å²) in [5, 5.41) is 4.91. The first kappa shape index (κ1) is 14.0. The Morgan fingerprint density at radius 1 is 0.692 bits per heavy atom. The first-order valence-electron chi connectivity index (χ1n) is 8.67. The molecular formula is C23H14N2S. The molecule has 0 fully saturated rings. The third-order valence-electron chi connectivity index (χ3n) is 5.01. The van der Waals surface area contributed by atoms with Gasteiger partial charge in [0.05, 0.1) is 11.0 Å². The molecule has 1 aromatic heterocycles. The quantitative estimate of drug-likeness (QED) is 0.331. The number of hydrogen-bond donors (Lipinski definition) is 0. The Kier molecular flexibility index (Phi) is 2.79. The van der Waals surface area contributed by atoms with Crippen LogP contribution in [0.5, 0.6) is 0 Å². The van der Waals surface area contributed by atoms with Crippen molar-refractivity contribution in [3.05, 3.63) is 84.9 Å². The number of rotatable bonds is 1. The van der Waals surface area contributed by atoms with E-state index in [1.807, 2.05) is 0 Å². The van der Waals surface area contributed by atoms with Crippen LogP contribution in [0, 0.1) is 0 Å². The van der Waals surface area contributed by atoms with Crippen LogP contribution in [0.3, 0.4) is 0 Å². The molecule has 0 aliphatic carbocycles. The molecule has 2 nitrogen and oxygen atoms in total. The SMILES string of the molecule is c1ccc(-n2c3ccccc3c3cc4c5ccccc5nc-4sc32)cc1. The Morgan fingerprint density at radius 2 is 1.42 bits per heavy atom. The van der Waals surface area contributed by atoms with E-state index in [1.165, 1.54) is 37.8 Å². The molecule has 0 atom stereocenters. The van der Waals surface area contributed by atoms with Gasteiger partial charge in [-0.1, -0.05) is 65.9 Å². The van der Waals surface area contributed by atoms with Gasteiger partial charge in [-0.15, -0.1) is 0 Å². The van der Waals surface area contributed by atoms with E-state index in [2.05, 4.69) is 89.5 Å². The predicted molar refractivity (Wildman–Crippen MR) is 111 cm³/mol. The second kappa shape index (κ2) is 5.16. The lowest BCUT2D eigenvalue weighted by Gasteiger charge is -2.07. The topological polar surface area (TPSA) is 17.8 Å². The maximum Gasteiger partial charge on any atom is 0.126 e. The minimum absolute atomic E-state index is 1.07. The number of nitrogens with zero attached hydrogens (tertiary/aromatic N) is 2. The minimum Gasteiger partial charge on any atom is -0.301 e. The summed E-state index contributed by atoms with van der Waals surface area (Å²) < 4.78 is 2.36. The van der Waals surface area contributed by atoms with Crippen molar-refractivity contribution in [2.45, 2.75) is 0 Å².